The number of methoxy groups -OCH3 is 2. The minimum absolute atomic E-state index is 0.0381. The lowest BCUT2D eigenvalue weighted by Gasteiger charge is -2.41. The number of piperidine rings is 2. The summed E-state index contributed by atoms with van der Waals surface area (Å²) in [5.74, 6) is -1.73. The van der Waals surface area contributed by atoms with Gasteiger partial charge in [-0.25, -0.2) is 36.4 Å². The van der Waals surface area contributed by atoms with Gasteiger partial charge in [-0.2, -0.15) is 19.1 Å². The average Bonchev–Trinajstić information content (AvgIpc) is 1.89. The molecule has 24 heteroatoms. The predicted octanol–water partition coefficient (Wildman–Crippen LogP) is 7.39. The average molecular weight is 1150 g/mol. The number of fused-ring (bicyclic) bond motifs is 2. The van der Waals surface area contributed by atoms with E-state index in [2.05, 4.69) is 9.97 Å². The molecule has 2 fully saturated rings. The summed E-state index contributed by atoms with van der Waals surface area (Å²) in [4.78, 5) is 71.2. The second-order valence-corrected chi connectivity index (χ2v) is 23.1. The number of nitrogens with zero attached hydrogens (tertiary/aromatic N) is 8. The number of anilines is 2. The highest BCUT2D eigenvalue weighted by Gasteiger charge is 2.63. The third-order valence-corrected chi connectivity index (χ3v) is 18.6. The molecule has 4 aliphatic rings. The van der Waals surface area contributed by atoms with Crippen LogP contribution in [-0.2, 0) is 50.3 Å². The number of aromatic nitrogens is 2. The number of sulfonamides is 2. The maximum Gasteiger partial charge on any atom is 0.411 e. The van der Waals surface area contributed by atoms with Crippen molar-refractivity contribution in [3.8, 4) is 35.4 Å². The molecule has 82 heavy (non-hydrogen) atoms. The van der Waals surface area contributed by atoms with E-state index in [-0.39, 0.29) is 118 Å². The van der Waals surface area contributed by atoms with Crippen molar-refractivity contribution in [2.75, 3.05) is 62.2 Å². The zero-order valence-electron chi connectivity index (χ0n) is 44.9. The lowest BCUT2D eigenvalue weighted by Crippen LogP contribution is -2.51. The Morgan fingerprint density at radius 2 is 0.927 bits per heavy atom. The van der Waals surface area contributed by atoms with Gasteiger partial charge in [0.15, 0.2) is 0 Å². The normalized spacial score (nSPS) is 19.1. The van der Waals surface area contributed by atoms with Gasteiger partial charge in [-0.3, -0.25) is 9.59 Å². The van der Waals surface area contributed by atoms with Crippen LogP contribution in [0.25, 0.3) is 0 Å². The molecule has 0 spiro atoms. The van der Waals surface area contributed by atoms with E-state index in [4.69, 9.17) is 28.4 Å². The number of carbonyl (C=O) groups excluding carboxylic acids is 4. The van der Waals surface area contributed by atoms with Crippen molar-refractivity contribution >= 4 is 55.4 Å². The highest BCUT2D eigenvalue weighted by atomic mass is 32.2. The van der Waals surface area contributed by atoms with E-state index in [1.54, 1.807) is 13.8 Å². The molecule has 4 aromatic carbocycles. The Morgan fingerprint density at radius 1 is 0.561 bits per heavy atom. The molecule has 4 aliphatic heterocycles. The van der Waals surface area contributed by atoms with Crippen LogP contribution in [0.15, 0.2) is 131 Å². The Labute approximate surface area is 473 Å². The summed E-state index contributed by atoms with van der Waals surface area (Å²) in [6, 6.07) is 28.8. The fourth-order valence-electron chi connectivity index (χ4n) is 11.2. The zero-order valence-corrected chi connectivity index (χ0v) is 46.5. The first kappa shape index (κ1) is 56.0. The third-order valence-electron chi connectivity index (χ3n) is 15.2. The molecule has 6 aromatic rings. The standard InChI is InChI=1S/C58H54N8O14S2/c1-5-77-51-45(9-7-27-61-51)57(47-33-37(35-59)11-21-49(47)65(53(57)67)81(71,72)43-17-13-41(75-3)14-18-43)79-55(69)63-29-23-39(24-30-63)40-25-31-64(32-26-40)56(70)80-58(46-10-8-28-62-52(46)78-6-2)48-34-38(36-60)12-22-50(48)66(54(58)68)82(73,74)44-19-15-42(76-4)16-20-44/h7-22,27-28,33-34,39-40H,5-6,23-26,29-32H2,1-4H3. The van der Waals surface area contributed by atoms with Gasteiger partial charge in [-0.15, -0.1) is 0 Å². The molecule has 0 N–H and O–H groups in total. The van der Waals surface area contributed by atoms with Crippen LogP contribution in [0.2, 0.25) is 0 Å². The van der Waals surface area contributed by atoms with Crippen LogP contribution in [0.5, 0.6) is 23.3 Å². The Hall–Kier alpha value is -9.26. The van der Waals surface area contributed by atoms with E-state index in [0.717, 1.165) is 0 Å². The first-order chi connectivity index (χ1) is 39.5. The minimum Gasteiger partial charge on any atom is -0.497 e. The molecule has 2 atom stereocenters. The second kappa shape index (κ2) is 22.3. The molecule has 2 saturated heterocycles. The summed E-state index contributed by atoms with van der Waals surface area (Å²) in [7, 11) is -6.59. The number of hydrogen-bond acceptors (Lipinski definition) is 18. The fourth-order valence-corrected chi connectivity index (χ4v) is 14.1. The van der Waals surface area contributed by atoms with Crippen molar-refractivity contribution in [2.45, 2.75) is 60.5 Å². The number of likely N-dealkylation sites (tertiary alicyclic amines) is 2. The van der Waals surface area contributed by atoms with Crippen LogP contribution in [-0.4, -0.2) is 114 Å². The van der Waals surface area contributed by atoms with Crippen LogP contribution < -0.4 is 27.6 Å². The fraction of sp³-hybridized carbons (Fsp3) is 0.310. The number of amides is 4. The van der Waals surface area contributed by atoms with Gasteiger partial charge < -0.3 is 38.2 Å². The second-order valence-electron chi connectivity index (χ2n) is 19.5. The van der Waals surface area contributed by atoms with Crippen molar-refractivity contribution in [3.05, 3.63) is 155 Å². The number of ether oxygens (including phenoxy) is 6. The topological polar surface area (TPSA) is 278 Å². The van der Waals surface area contributed by atoms with E-state index in [1.807, 2.05) is 12.1 Å². The highest BCUT2D eigenvalue weighted by Crippen LogP contribution is 2.54. The number of nitriles is 2. The molecule has 422 valence electrons. The van der Waals surface area contributed by atoms with Crippen molar-refractivity contribution in [2.24, 2.45) is 11.8 Å². The molecular weight excluding hydrogens is 1100 g/mol. The van der Waals surface area contributed by atoms with Gasteiger partial charge in [0.25, 0.3) is 43.1 Å². The highest BCUT2D eigenvalue weighted by molar-refractivity contribution is 7.94. The molecule has 2 aromatic heterocycles. The summed E-state index contributed by atoms with van der Waals surface area (Å²) in [6.45, 7) is 4.18. The van der Waals surface area contributed by atoms with Crippen molar-refractivity contribution in [1.29, 1.82) is 10.5 Å². The quantitative estimate of drug-likeness (QED) is 0.0968. The number of carbonyl (C=O) groups is 4. The van der Waals surface area contributed by atoms with Crippen molar-refractivity contribution < 1.29 is 64.4 Å². The maximum absolute atomic E-state index is 15.3. The van der Waals surface area contributed by atoms with Gasteiger partial charge in [0.1, 0.15) is 11.5 Å². The van der Waals surface area contributed by atoms with Gasteiger partial charge >= 0.3 is 12.2 Å². The summed E-state index contributed by atoms with van der Waals surface area (Å²) >= 11 is 0. The Morgan fingerprint density at radius 3 is 1.26 bits per heavy atom. The van der Waals surface area contributed by atoms with E-state index >= 15 is 9.59 Å². The Bertz CT molecular complexity index is 3570. The van der Waals surface area contributed by atoms with Gasteiger partial charge in [0, 0.05) is 49.7 Å². The Balaban J connectivity index is 0.891. The van der Waals surface area contributed by atoms with E-state index in [0.29, 0.717) is 45.8 Å². The van der Waals surface area contributed by atoms with E-state index in [1.165, 1.54) is 146 Å². The van der Waals surface area contributed by atoms with Gasteiger partial charge in [0.05, 0.1) is 83.0 Å². The largest absolute Gasteiger partial charge is 0.497 e. The number of hydrogen-bond donors (Lipinski definition) is 0. The third kappa shape index (κ3) is 9.46. The summed E-state index contributed by atoms with van der Waals surface area (Å²) in [5.41, 5.74) is -5.54. The zero-order chi connectivity index (χ0) is 58.1. The summed E-state index contributed by atoms with van der Waals surface area (Å²) in [6.07, 6.45) is 2.84. The smallest absolute Gasteiger partial charge is 0.411 e. The number of rotatable bonds is 15. The Kier molecular flexibility index (Phi) is 15.3. The molecular formula is C58H54N8O14S2. The first-order valence-corrected chi connectivity index (χ1v) is 29.1. The van der Waals surface area contributed by atoms with E-state index < -0.39 is 55.2 Å². The van der Waals surface area contributed by atoms with Gasteiger partial charge in [0.2, 0.25) is 11.8 Å². The molecule has 6 heterocycles. The van der Waals surface area contributed by atoms with Crippen LogP contribution in [0, 0.1) is 34.5 Å². The SMILES string of the molecule is CCOc1ncccc1C1(OC(=O)N2CCC(C3CCN(C(=O)OC4(c5cccnc5OCC)C(=O)N(S(=O)(=O)c5ccc(OC)cc5)c5ccc(C#N)cc54)CC3)CC2)C(=O)N(S(=O)(=O)c2ccc(OC)cc2)c2ccc(C#N)cc21. The molecule has 0 radical (unpaired) electrons. The van der Waals surface area contributed by atoms with Crippen molar-refractivity contribution in [1.82, 2.24) is 19.8 Å². The van der Waals surface area contributed by atoms with Crippen LogP contribution >= 0.6 is 0 Å². The first-order valence-electron chi connectivity index (χ1n) is 26.2. The molecule has 10 rings (SSSR count). The maximum atomic E-state index is 15.3. The summed E-state index contributed by atoms with van der Waals surface area (Å²) in [5, 5.41) is 20.2. The molecule has 4 amide bonds. The van der Waals surface area contributed by atoms with Crippen LogP contribution in [0.3, 0.4) is 0 Å². The minimum atomic E-state index is -4.72. The lowest BCUT2D eigenvalue weighted by molar-refractivity contribution is -0.133. The number of benzene rings is 4. The predicted molar refractivity (Wildman–Crippen MR) is 292 cm³/mol. The summed E-state index contributed by atoms with van der Waals surface area (Å²) < 4.78 is 94.7. The molecule has 0 bridgehead atoms. The molecule has 0 aliphatic carbocycles. The molecule has 0 saturated carbocycles. The van der Waals surface area contributed by atoms with Crippen LogP contribution in [0.4, 0.5) is 21.0 Å². The lowest BCUT2D eigenvalue weighted by atomic mass is 9.79. The monoisotopic (exact) mass is 1150 g/mol. The number of pyridine rings is 2. The van der Waals surface area contributed by atoms with E-state index in [9.17, 15) is 36.9 Å². The molecule has 2 unspecified atom stereocenters. The van der Waals surface area contributed by atoms with Gasteiger partial charge in [-0.1, -0.05) is 0 Å². The van der Waals surface area contributed by atoms with Gasteiger partial charge in [-0.05, 0) is 161 Å². The van der Waals surface area contributed by atoms with Crippen molar-refractivity contribution in [3.63, 3.8) is 0 Å². The van der Waals surface area contributed by atoms with Crippen LogP contribution in [0.1, 0.15) is 72.9 Å². The molecule has 22 nitrogen and oxygen atoms in total.